The molecule has 78 valence electrons. The highest BCUT2D eigenvalue weighted by Crippen LogP contribution is 2.29. The van der Waals surface area contributed by atoms with Crippen molar-refractivity contribution in [1.82, 2.24) is 9.55 Å². The average molecular weight is 202 g/mol. The molecule has 1 aromatic carbocycles. The summed E-state index contributed by atoms with van der Waals surface area (Å²) in [5.74, 6) is 0.292. The van der Waals surface area contributed by atoms with Crippen LogP contribution in [0, 0.1) is 0 Å². The molecular formula is C12H14N2O. The second kappa shape index (κ2) is 3.77. The normalized spacial score (nSPS) is 10.9. The molecule has 1 aromatic heterocycles. The number of rotatable bonds is 2. The van der Waals surface area contributed by atoms with Crippen LogP contribution >= 0.6 is 0 Å². The summed E-state index contributed by atoms with van der Waals surface area (Å²) >= 11 is 0. The van der Waals surface area contributed by atoms with E-state index in [1.807, 2.05) is 22.8 Å². The number of nitrogens with zero attached hydrogens (tertiary/aromatic N) is 2. The molecule has 0 fully saturated rings. The Kier molecular flexibility index (Phi) is 2.46. The molecule has 2 rings (SSSR count). The van der Waals surface area contributed by atoms with E-state index in [0.29, 0.717) is 11.8 Å². The van der Waals surface area contributed by atoms with Crippen molar-refractivity contribution in [2.75, 3.05) is 0 Å². The van der Waals surface area contributed by atoms with Gasteiger partial charge in [-0.1, -0.05) is 12.1 Å². The van der Waals surface area contributed by atoms with Gasteiger partial charge in [0.25, 0.3) is 0 Å². The minimum atomic E-state index is 0.292. The first-order chi connectivity index (χ1) is 7.20. The SMILES string of the molecule is CC(C)n1cncc1-c1ccccc1O. The summed E-state index contributed by atoms with van der Waals surface area (Å²) in [5, 5.41) is 9.75. The Morgan fingerprint density at radius 3 is 2.67 bits per heavy atom. The van der Waals surface area contributed by atoms with Crippen LogP contribution in [0.2, 0.25) is 0 Å². The lowest BCUT2D eigenvalue weighted by molar-refractivity contribution is 0.476. The molecule has 0 aliphatic carbocycles. The van der Waals surface area contributed by atoms with E-state index in [4.69, 9.17) is 0 Å². The lowest BCUT2D eigenvalue weighted by atomic mass is 10.1. The van der Waals surface area contributed by atoms with Crippen LogP contribution in [0.25, 0.3) is 11.3 Å². The zero-order valence-corrected chi connectivity index (χ0v) is 8.88. The van der Waals surface area contributed by atoms with Gasteiger partial charge in [0.1, 0.15) is 5.75 Å². The fourth-order valence-electron chi connectivity index (χ4n) is 1.61. The Balaban J connectivity index is 2.55. The van der Waals surface area contributed by atoms with Crippen LogP contribution in [-0.2, 0) is 0 Å². The largest absolute Gasteiger partial charge is 0.507 e. The zero-order valence-electron chi connectivity index (χ0n) is 8.88. The summed E-state index contributed by atoms with van der Waals surface area (Å²) in [4.78, 5) is 4.11. The predicted molar refractivity (Wildman–Crippen MR) is 59.7 cm³/mol. The van der Waals surface area contributed by atoms with Crippen LogP contribution in [0.1, 0.15) is 19.9 Å². The number of hydrogen-bond acceptors (Lipinski definition) is 2. The quantitative estimate of drug-likeness (QED) is 0.813. The molecule has 0 amide bonds. The third kappa shape index (κ3) is 1.73. The van der Waals surface area contributed by atoms with E-state index in [1.54, 1.807) is 18.6 Å². The molecular weight excluding hydrogens is 188 g/mol. The van der Waals surface area contributed by atoms with E-state index < -0.39 is 0 Å². The number of aromatic nitrogens is 2. The second-order valence-corrected chi connectivity index (χ2v) is 3.80. The van der Waals surface area contributed by atoms with Crippen LogP contribution in [0.3, 0.4) is 0 Å². The van der Waals surface area contributed by atoms with Gasteiger partial charge in [-0.05, 0) is 26.0 Å². The summed E-state index contributed by atoms with van der Waals surface area (Å²) in [7, 11) is 0. The summed E-state index contributed by atoms with van der Waals surface area (Å²) in [6, 6.07) is 7.64. The molecule has 3 heteroatoms. The van der Waals surface area contributed by atoms with Crippen molar-refractivity contribution < 1.29 is 5.11 Å². The molecule has 0 unspecified atom stereocenters. The van der Waals surface area contributed by atoms with Gasteiger partial charge in [-0.3, -0.25) is 0 Å². The molecule has 0 spiro atoms. The Labute approximate surface area is 89.0 Å². The van der Waals surface area contributed by atoms with Crippen LogP contribution in [0.5, 0.6) is 5.75 Å². The molecule has 3 nitrogen and oxygen atoms in total. The molecule has 0 saturated carbocycles. The van der Waals surface area contributed by atoms with Crippen LogP contribution < -0.4 is 0 Å². The van der Waals surface area contributed by atoms with E-state index in [1.165, 1.54) is 0 Å². The van der Waals surface area contributed by atoms with Gasteiger partial charge in [0, 0.05) is 11.6 Å². The number of phenols is 1. The molecule has 0 saturated heterocycles. The van der Waals surface area contributed by atoms with E-state index in [9.17, 15) is 5.11 Å². The summed E-state index contributed by atoms with van der Waals surface area (Å²) in [6.45, 7) is 4.18. The highest BCUT2D eigenvalue weighted by atomic mass is 16.3. The first kappa shape index (κ1) is 9.77. The second-order valence-electron chi connectivity index (χ2n) is 3.80. The third-order valence-electron chi connectivity index (χ3n) is 2.40. The van der Waals surface area contributed by atoms with Crippen molar-refractivity contribution in [3.63, 3.8) is 0 Å². The summed E-state index contributed by atoms with van der Waals surface area (Å²) in [5.41, 5.74) is 1.77. The average Bonchev–Trinajstić information content (AvgIpc) is 2.67. The van der Waals surface area contributed by atoms with Gasteiger partial charge in [0.15, 0.2) is 0 Å². The number of benzene rings is 1. The maximum atomic E-state index is 9.75. The molecule has 1 N–H and O–H groups in total. The number of aromatic hydroxyl groups is 1. The highest BCUT2D eigenvalue weighted by Gasteiger charge is 2.10. The third-order valence-corrected chi connectivity index (χ3v) is 2.40. The van der Waals surface area contributed by atoms with Gasteiger partial charge >= 0.3 is 0 Å². The Hall–Kier alpha value is -1.77. The van der Waals surface area contributed by atoms with Crippen LogP contribution in [-0.4, -0.2) is 14.7 Å². The highest BCUT2D eigenvalue weighted by molar-refractivity contribution is 5.66. The van der Waals surface area contributed by atoms with Gasteiger partial charge < -0.3 is 9.67 Å². The Morgan fingerprint density at radius 1 is 1.27 bits per heavy atom. The fourth-order valence-corrected chi connectivity index (χ4v) is 1.61. The topological polar surface area (TPSA) is 38.0 Å². The monoisotopic (exact) mass is 202 g/mol. The zero-order chi connectivity index (χ0) is 10.8. The lowest BCUT2D eigenvalue weighted by Crippen LogP contribution is -2.00. The first-order valence-corrected chi connectivity index (χ1v) is 5.00. The van der Waals surface area contributed by atoms with Crippen LogP contribution in [0.4, 0.5) is 0 Å². The first-order valence-electron chi connectivity index (χ1n) is 5.00. The van der Waals surface area contributed by atoms with Crippen LogP contribution in [0.15, 0.2) is 36.8 Å². The molecule has 0 radical (unpaired) electrons. The van der Waals surface area contributed by atoms with E-state index >= 15 is 0 Å². The minimum Gasteiger partial charge on any atom is -0.507 e. The van der Waals surface area contributed by atoms with Crippen molar-refractivity contribution >= 4 is 0 Å². The van der Waals surface area contributed by atoms with Gasteiger partial charge in [-0.15, -0.1) is 0 Å². The molecule has 0 bridgehead atoms. The van der Waals surface area contributed by atoms with Crippen molar-refractivity contribution in [3.8, 4) is 17.0 Å². The number of phenolic OH excluding ortho intramolecular Hbond substituents is 1. The molecule has 1 heterocycles. The van der Waals surface area contributed by atoms with Crippen molar-refractivity contribution in [3.05, 3.63) is 36.8 Å². The van der Waals surface area contributed by atoms with Gasteiger partial charge in [0.2, 0.25) is 0 Å². The van der Waals surface area contributed by atoms with Crippen molar-refractivity contribution in [1.29, 1.82) is 0 Å². The minimum absolute atomic E-state index is 0.292. The predicted octanol–water partition coefficient (Wildman–Crippen LogP) is 2.84. The lowest BCUT2D eigenvalue weighted by Gasteiger charge is -2.12. The fraction of sp³-hybridized carbons (Fsp3) is 0.250. The molecule has 2 aromatic rings. The Morgan fingerprint density at radius 2 is 2.00 bits per heavy atom. The van der Waals surface area contributed by atoms with E-state index in [0.717, 1.165) is 11.3 Å². The van der Waals surface area contributed by atoms with Crippen molar-refractivity contribution in [2.24, 2.45) is 0 Å². The number of hydrogen-bond donors (Lipinski definition) is 1. The number of para-hydroxylation sites is 1. The molecule has 0 aliphatic rings. The molecule has 0 atom stereocenters. The van der Waals surface area contributed by atoms with E-state index in [-0.39, 0.29) is 0 Å². The number of imidazole rings is 1. The van der Waals surface area contributed by atoms with Crippen molar-refractivity contribution in [2.45, 2.75) is 19.9 Å². The maximum Gasteiger partial charge on any atom is 0.124 e. The Bertz CT molecular complexity index is 460. The smallest absolute Gasteiger partial charge is 0.124 e. The maximum absolute atomic E-state index is 9.75. The molecule has 15 heavy (non-hydrogen) atoms. The van der Waals surface area contributed by atoms with Gasteiger partial charge in [0.05, 0.1) is 18.2 Å². The summed E-state index contributed by atoms with van der Waals surface area (Å²) in [6.07, 6.45) is 3.56. The summed E-state index contributed by atoms with van der Waals surface area (Å²) < 4.78 is 2.04. The van der Waals surface area contributed by atoms with E-state index in [2.05, 4.69) is 18.8 Å². The van der Waals surface area contributed by atoms with Gasteiger partial charge in [-0.25, -0.2) is 4.98 Å². The standard InChI is InChI=1S/C12H14N2O/c1-9(2)14-8-13-7-11(14)10-5-3-4-6-12(10)15/h3-9,15H,1-2H3. The molecule has 0 aliphatic heterocycles. The van der Waals surface area contributed by atoms with Gasteiger partial charge in [-0.2, -0.15) is 0 Å².